The molecule has 0 spiro atoms. The van der Waals surface area contributed by atoms with E-state index < -0.39 is 18.1 Å². The van der Waals surface area contributed by atoms with Crippen molar-refractivity contribution in [3.63, 3.8) is 0 Å². The molecule has 0 aliphatic heterocycles. The molecule has 12 nitrogen and oxygen atoms in total. The lowest BCUT2D eigenvalue weighted by Gasteiger charge is -2.27. The highest BCUT2D eigenvalue weighted by atomic mass is 16.3. The van der Waals surface area contributed by atoms with Crippen LogP contribution in [0.1, 0.15) is 27.5 Å². The minimum absolute atomic E-state index is 0.255. The van der Waals surface area contributed by atoms with Crippen LogP contribution in [0.4, 0.5) is 17.3 Å². The van der Waals surface area contributed by atoms with Gasteiger partial charge in [-0.15, -0.1) is 0 Å². The van der Waals surface area contributed by atoms with Gasteiger partial charge < -0.3 is 25.6 Å². The molecule has 4 aromatic carbocycles. The first kappa shape index (κ1) is 35.7. The molecule has 4 aromatic heterocycles. The van der Waals surface area contributed by atoms with Crippen LogP contribution in [-0.4, -0.2) is 59.6 Å². The number of aromatic nitrogens is 6. The summed E-state index contributed by atoms with van der Waals surface area (Å²) in [5.74, 6) is 0.0144. The number of rotatable bonds is 11. The number of carbonyl (C=O) groups excluding carboxylic acids is 2. The van der Waals surface area contributed by atoms with E-state index in [0.29, 0.717) is 51.0 Å². The van der Waals surface area contributed by atoms with Crippen molar-refractivity contribution in [2.75, 3.05) is 17.7 Å². The summed E-state index contributed by atoms with van der Waals surface area (Å²) in [6.07, 6.45) is 5.57. The summed E-state index contributed by atoms with van der Waals surface area (Å²) in [6, 6.07) is 34.8. The molecule has 2 unspecified atom stereocenters. The topological polar surface area (TPSA) is 160 Å². The highest BCUT2D eigenvalue weighted by molar-refractivity contribution is 6.00. The van der Waals surface area contributed by atoms with E-state index in [1.165, 1.54) is 0 Å². The van der Waals surface area contributed by atoms with Gasteiger partial charge in [0.2, 0.25) is 5.95 Å². The Kier molecular flexibility index (Phi) is 9.93. The molecule has 0 radical (unpaired) electrons. The number of hydrogen-bond acceptors (Lipinski definition) is 9. The van der Waals surface area contributed by atoms with Crippen LogP contribution in [0, 0.1) is 6.92 Å². The van der Waals surface area contributed by atoms with Gasteiger partial charge in [0.15, 0.2) is 6.10 Å². The zero-order chi connectivity index (χ0) is 38.6. The first-order valence-corrected chi connectivity index (χ1v) is 18.1. The zero-order valence-corrected chi connectivity index (χ0v) is 30.6. The maximum Gasteiger partial charge on any atom is 0.255 e. The minimum atomic E-state index is -1.55. The van der Waals surface area contributed by atoms with Crippen molar-refractivity contribution in [2.45, 2.75) is 25.5 Å². The van der Waals surface area contributed by atoms with Crippen molar-refractivity contribution >= 4 is 51.1 Å². The van der Waals surface area contributed by atoms with Crippen molar-refractivity contribution in [3.8, 4) is 22.6 Å². The van der Waals surface area contributed by atoms with Crippen molar-refractivity contribution in [3.05, 3.63) is 157 Å². The van der Waals surface area contributed by atoms with Crippen molar-refractivity contribution in [1.29, 1.82) is 0 Å². The molecule has 276 valence electrons. The fourth-order valence-corrected chi connectivity index (χ4v) is 6.83. The van der Waals surface area contributed by atoms with Crippen LogP contribution in [0.2, 0.25) is 0 Å². The normalized spacial score (nSPS) is 12.3. The minimum Gasteiger partial charge on any atom is -0.381 e. The summed E-state index contributed by atoms with van der Waals surface area (Å²) in [7, 11) is 1.57. The third kappa shape index (κ3) is 7.28. The van der Waals surface area contributed by atoms with E-state index in [1.54, 1.807) is 62.2 Å². The van der Waals surface area contributed by atoms with E-state index in [0.717, 1.165) is 27.6 Å². The smallest absolute Gasteiger partial charge is 0.255 e. The second-order valence-electron chi connectivity index (χ2n) is 13.3. The van der Waals surface area contributed by atoms with Gasteiger partial charge in [-0.1, -0.05) is 54.6 Å². The van der Waals surface area contributed by atoms with Crippen LogP contribution < -0.4 is 16.0 Å². The van der Waals surface area contributed by atoms with E-state index in [-0.39, 0.29) is 12.3 Å². The fourth-order valence-electron chi connectivity index (χ4n) is 6.83. The summed E-state index contributed by atoms with van der Waals surface area (Å²) in [5, 5.41) is 22.0. The van der Waals surface area contributed by atoms with E-state index >= 15 is 0 Å². The van der Waals surface area contributed by atoms with Gasteiger partial charge in [0.05, 0.1) is 28.3 Å². The molecule has 0 fully saturated rings. The Morgan fingerprint density at radius 3 is 2.48 bits per heavy atom. The van der Waals surface area contributed by atoms with E-state index in [2.05, 4.69) is 30.9 Å². The van der Waals surface area contributed by atoms with Gasteiger partial charge in [0, 0.05) is 65.3 Å². The van der Waals surface area contributed by atoms with Crippen LogP contribution in [-0.2, 0) is 11.2 Å². The molecule has 0 bridgehead atoms. The molecule has 0 saturated carbocycles. The Hall–Kier alpha value is -7.31. The summed E-state index contributed by atoms with van der Waals surface area (Å²) < 4.78 is 1.90. The largest absolute Gasteiger partial charge is 0.381 e. The van der Waals surface area contributed by atoms with Gasteiger partial charge in [-0.3, -0.25) is 19.6 Å². The van der Waals surface area contributed by atoms with Crippen LogP contribution >= 0.6 is 0 Å². The number of amides is 2. The molecule has 4 N–H and O–H groups in total. The van der Waals surface area contributed by atoms with Gasteiger partial charge >= 0.3 is 0 Å². The average molecular weight is 740 g/mol. The summed E-state index contributed by atoms with van der Waals surface area (Å²) in [4.78, 5) is 50.0. The highest BCUT2D eigenvalue weighted by Crippen LogP contribution is 2.36. The summed E-state index contributed by atoms with van der Waals surface area (Å²) >= 11 is 0. The van der Waals surface area contributed by atoms with Gasteiger partial charge in [0.25, 0.3) is 11.8 Å². The predicted octanol–water partition coefficient (Wildman–Crippen LogP) is 7.30. The standard InChI is InChI=1S/C44H37N9O3/c1-27-15-17-32(25-35(27)52-44-48-22-19-34(51-44)31-13-7-20-46-26-31)49-43(56)40(54)38(23-28-9-4-3-5-10-28)53-37-18-16-30(42(55)45-2)24-36(37)50-41(53)33-14-6-11-29-12-8-21-47-39(29)33/h3-22,24-26,38,40,54H,23H2,1-2H3,(H,45,55)(H,49,56)(H,48,51,52). The third-order valence-corrected chi connectivity index (χ3v) is 9.67. The second kappa shape index (κ2) is 15.6. The lowest BCUT2D eigenvalue weighted by atomic mass is 9.99. The number of nitrogens with zero attached hydrogens (tertiary/aromatic N) is 6. The molecule has 2 amide bonds. The average Bonchev–Trinajstić information content (AvgIpc) is 3.62. The van der Waals surface area contributed by atoms with Crippen LogP contribution in [0.25, 0.3) is 44.6 Å². The number of imidazole rings is 1. The first-order valence-electron chi connectivity index (χ1n) is 18.1. The molecule has 8 rings (SSSR count). The third-order valence-electron chi connectivity index (χ3n) is 9.67. The number of carbonyl (C=O) groups is 2. The Bertz CT molecular complexity index is 2700. The molecule has 12 heteroatoms. The molecule has 0 aliphatic carbocycles. The number of aliphatic hydroxyl groups excluding tert-OH is 1. The molecule has 2 atom stereocenters. The highest BCUT2D eigenvalue weighted by Gasteiger charge is 2.32. The van der Waals surface area contributed by atoms with Gasteiger partial charge in [-0.2, -0.15) is 0 Å². The molecule has 8 aromatic rings. The number of pyridine rings is 2. The number of hydrogen-bond donors (Lipinski definition) is 4. The summed E-state index contributed by atoms with van der Waals surface area (Å²) in [5.41, 5.74) is 7.55. The molecular weight excluding hydrogens is 703 g/mol. The van der Waals surface area contributed by atoms with E-state index in [1.807, 2.05) is 96.4 Å². The molecule has 0 saturated heterocycles. The summed E-state index contributed by atoms with van der Waals surface area (Å²) in [6.45, 7) is 1.94. The van der Waals surface area contributed by atoms with Crippen molar-refractivity contribution in [1.82, 2.24) is 34.8 Å². The van der Waals surface area contributed by atoms with Crippen LogP contribution in [0.3, 0.4) is 0 Å². The maximum absolute atomic E-state index is 14.3. The Labute approximate surface area is 322 Å². The number of fused-ring (bicyclic) bond motifs is 2. The van der Waals surface area contributed by atoms with Crippen molar-refractivity contribution in [2.24, 2.45) is 0 Å². The lowest BCUT2D eigenvalue weighted by Crippen LogP contribution is -2.37. The van der Waals surface area contributed by atoms with Crippen LogP contribution in [0.15, 0.2) is 140 Å². The SMILES string of the molecule is CNC(=O)c1ccc2c(c1)nc(-c1cccc3cccnc13)n2C(Cc1ccccc1)C(O)C(=O)Nc1ccc(C)c(Nc2nccc(-c3cccnc3)n2)c1. The quantitative estimate of drug-likeness (QED) is 0.107. The second-order valence-corrected chi connectivity index (χ2v) is 13.3. The van der Waals surface area contributed by atoms with Crippen molar-refractivity contribution < 1.29 is 14.7 Å². The molecule has 56 heavy (non-hydrogen) atoms. The monoisotopic (exact) mass is 739 g/mol. The Morgan fingerprint density at radius 1 is 0.821 bits per heavy atom. The van der Waals surface area contributed by atoms with E-state index in [9.17, 15) is 14.7 Å². The Morgan fingerprint density at radius 2 is 1.66 bits per heavy atom. The van der Waals surface area contributed by atoms with Gasteiger partial charge in [-0.25, -0.2) is 15.0 Å². The number of nitrogens with one attached hydrogen (secondary N) is 3. The fraction of sp³-hybridized carbons (Fsp3) is 0.114. The molecule has 0 aliphatic rings. The van der Waals surface area contributed by atoms with Gasteiger partial charge in [-0.05, 0) is 85.1 Å². The van der Waals surface area contributed by atoms with Crippen LogP contribution in [0.5, 0.6) is 0 Å². The maximum atomic E-state index is 14.3. The molecule has 4 heterocycles. The number of benzene rings is 4. The number of aryl methyl sites for hydroxylation is 1. The molecular formula is C44H37N9O3. The first-order chi connectivity index (χ1) is 27.4. The zero-order valence-electron chi connectivity index (χ0n) is 30.6. The van der Waals surface area contributed by atoms with Gasteiger partial charge in [0.1, 0.15) is 5.82 Å². The number of para-hydroxylation sites is 1. The van der Waals surface area contributed by atoms with E-state index in [4.69, 9.17) is 9.97 Å². The Balaban J connectivity index is 1.17. The lowest BCUT2D eigenvalue weighted by molar-refractivity contribution is -0.126. The number of aliphatic hydroxyl groups is 1. The predicted molar refractivity (Wildman–Crippen MR) is 217 cm³/mol. The number of anilines is 3.